The lowest BCUT2D eigenvalue weighted by atomic mass is 10.2. The first-order valence-electron chi connectivity index (χ1n) is 5.81. The van der Waals surface area contributed by atoms with E-state index >= 15 is 0 Å². The molecule has 0 aliphatic heterocycles. The van der Waals surface area contributed by atoms with E-state index in [1.807, 2.05) is 25.1 Å². The van der Waals surface area contributed by atoms with Gasteiger partial charge < -0.3 is 15.7 Å². The largest absolute Gasteiger partial charge is 0.395 e. The lowest BCUT2D eigenvalue weighted by Gasteiger charge is -2.22. The smallest absolute Gasteiger partial charge is 0.227 e. The number of primary amides is 1. The van der Waals surface area contributed by atoms with Gasteiger partial charge in [-0.05, 0) is 24.6 Å². The van der Waals surface area contributed by atoms with Crippen LogP contribution < -0.4 is 10.6 Å². The number of aliphatic hydroxyl groups is 1. The summed E-state index contributed by atoms with van der Waals surface area (Å²) >= 11 is 0. The molecule has 18 heavy (non-hydrogen) atoms. The van der Waals surface area contributed by atoms with Crippen LogP contribution in [0.2, 0.25) is 0 Å². The Labute approximate surface area is 106 Å². The number of aliphatic hydroxyl groups excluding tert-OH is 1. The van der Waals surface area contributed by atoms with Crippen molar-refractivity contribution in [2.24, 2.45) is 5.73 Å². The van der Waals surface area contributed by atoms with Crippen molar-refractivity contribution < 1.29 is 14.7 Å². The van der Waals surface area contributed by atoms with E-state index in [1.165, 1.54) is 4.90 Å². The highest BCUT2D eigenvalue weighted by Crippen LogP contribution is 2.17. The molecule has 5 heteroatoms. The summed E-state index contributed by atoms with van der Waals surface area (Å²) in [6.07, 6.45) is 0.0792. The van der Waals surface area contributed by atoms with E-state index < -0.39 is 5.91 Å². The van der Waals surface area contributed by atoms with Gasteiger partial charge in [-0.3, -0.25) is 9.59 Å². The van der Waals surface area contributed by atoms with Gasteiger partial charge in [-0.1, -0.05) is 12.1 Å². The second-order valence-electron chi connectivity index (χ2n) is 4.07. The van der Waals surface area contributed by atoms with Gasteiger partial charge in [0, 0.05) is 25.1 Å². The van der Waals surface area contributed by atoms with Crippen LogP contribution in [0.5, 0.6) is 0 Å². The number of rotatable bonds is 6. The van der Waals surface area contributed by atoms with E-state index in [1.54, 1.807) is 6.07 Å². The van der Waals surface area contributed by atoms with Crippen LogP contribution in [0.15, 0.2) is 24.3 Å². The first kappa shape index (κ1) is 14.2. The van der Waals surface area contributed by atoms with Crippen molar-refractivity contribution in [1.82, 2.24) is 0 Å². The van der Waals surface area contributed by atoms with Gasteiger partial charge >= 0.3 is 0 Å². The highest BCUT2D eigenvalue weighted by Gasteiger charge is 2.15. The molecular weight excluding hydrogens is 232 g/mol. The number of aryl methyl sites for hydroxylation is 1. The molecule has 0 aromatic heterocycles. The summed E-state index contributed by atoms with van der Waals surface area (Å²) in [5.74, 6) is -0.718. The fraction of sp³-hybridized carbons (Fsp3) is 0.385. The van der Waals surface area contributed by atoms with E-state index in [-0.39, 0.29) is 31.9 Å². The number of carbonyl (C=O) groups excluding carboxylic acids is 2. The van der Waals surface area contributed by atoms with Crippen LogP contribution in [0, 0.1) is 6.92 Å². The molecule has 0 atom stereocenters. The zero-order valence-corrected chi connectivity index (χ0v) is 10.4. The van der Waals surface area contributed by atoms with Gasteiger partial charge in [0.25, 0.3) is 0 Å². The summed E-state index contributed by atoms with van der Waals surface area (Å²) in [5.41, 5.74) is 6.77. The van der Waals surface area contributed by atoms with Gasteiger partial charge in [-0.2, -0.15) is 0 Å². The third kappa shape index (κ3) is 4.18. The summed E-state index contributed by atoms with van der Waals surface area (Å²) in [4.78, 5) is 24.1. The van der Waals surface area contributed by atoms with Crippen LogP contribution in [0.3, 0.4) is 0 Å². The maximum absolute atomic E-state index is 12.0. The van der Waals surface area contributed by atoms with Gasteiger partial charge in [0.1, 0.15) is 0 Å². The van der Waals surface area contributed by atoms with E-state index in [0.717, 1.165) is 11.3 Å². The molecule has 3 N–H and O–H groups in total. The summed E-state index contributed by atoms with van der Waals surface area (Å²) < 4.78 is 0. The fourth-order valence-electron chi connectivity index (χ4n) is 1.66. The number of hydrogen-bond acceptors (Lipinski definition) is 3. The Morgan fingerprint density at radius 3 is 2.61 bits per heavy atom. The Bertz CT molecular complexity index is 432. The van der Waals surface area contributed by atoms with Crippen LogP contribution in [-0.2, 0) is 9.59 Å². The molecule has 0 fully saturated rings. The Kier molecular flexibility index (Phi) is 5.32. The Hall–Kier alpha value is -1.88. The molecule has 1 rings (SSSR count). The zero-order chi connectivity index (χ0) is 13.5. The molecule has 2 amide bonds. The van der Waals surface area contributed by atoms with Crippen LogP contribution in [0.4, 0.5) is 5.69 Å². The Morgan fingerprint density at radius 1 is 1.33 bits per heavy atom. The molecule has 0 aliphatic rings. The van der Waals surface area contributed by atoms with E-state index in [4.69, 9.17) is 10.8 Å². The second-order valence-corrected chi connectivity index (χ2v) is 4.07. The van der Waals surface area contributed by atoms with Crippen LogP contribution in [0.25, 0.3) is 0 Å². The van der Waals surface area contributed by atoms with Crippen molar-refractivity contribution in [3.63, 3.8) is 0 Å². The second kappa shape index (κ2) is 6.76. The number of nitrogens with zero attached hydrogens (tertiary/aromatic N) is 1. The van der Waals surface area contributed by atoms with Gasteiger partial charge in [0.05, 0.1) is 6.61 Å². The minimum atomic E-state index is -0.503. The summed E-state index contributed by atoms with van der Waals surface area (Å²) in [5, 5.41) is 9.01. The molecule has 1 aromatic rings. The number of carbonyl (C=O) groups is 2. The zero-order valence-electron chi connectivity index (χ0n) is 10.4. The standard InChI is InChI=1S/C13H18N2O3/c1-10-3-2-4-11(9-10)15(7-8-16)13(18)6-5-12(14)17/h2-4,9,16H,5-8H2,1H3,(H2,14,17). The van der Waals surface area contributed by atoms with Crippen molar-refractivity contribution >= 4 is 17.5 Å². The van der Waals surface area contributed by atoms with Crippen LogP contribution >= 0.6 is 0 Å². The third-order valence-electron chi connectivity index (χ3n) is 2.52. The highest BCUT2D eigenvalue weighted by molar-refractivity contribution is 5.95. The molecule has 0 heterocycles. The fourth-order valence-corrected chi connectivity index (χ4v) is 1.66. The van der Waals surface area contributed by atoms with Crippen LogP contribution in [-0.4, -0.2) is 30.1 Å². The van der Waals surface area contributed by atoms with Gasteiger partial charge in [0.15, 0.2) is 0 Å². The number of amides is 2. The van der Waals surface area contributed by atoms with Crippen molar-refractivity contribution in [2.45, 2.75) is 19.8 Å². The van der Waals surface area contributed by atoms with E-state index in [9.17, 15) is 9.59 Å². The lowest BCUT2D eigenvalue weighted by Crippen LogP contribution is -2.34. The highest BCUT2D eigenvalue weighted by atomic mass is 16.3. The summed E-state index contributed by atoms with van der Waals surface area (Å²) in [6, 6.07) is 7.42. The average Bonchev–Trinajstić information content (AvgIpc) is 2.33. The molecule has 0 bridgehead atoms. The first-order valence-corrected chi connectivity index (χ1v) is 5.81. The number of nitrogens with two attached hydrogens (primary N) is 1. The number of hydrogen-bond donors (Lipinski definition) is 2. The third-order valence-corrected chi connectivity index (χ3v) is 2.52. The first-order chi connectivity index (χ1) is 8.54. The predicted octanol–water partition coefficient (Wildman–Crippen LogP) is 0.586. The number of benzene rings is 1. The molecule has 98 valence electrons. The predicted molar refractivity (Wildman–Crippen MR) is 69.0 cm³/mol. The van der Waals surface area contributed by atoms with Gasteiger partial charge in [-0.25, -0.2) is 0 Å². The van der Waals surface area contributed by atoms with Gasteiger partial charge in [-0.15, -0.1) is 0 Å². The maximum Gasteiger partial charge on any atom is 0.227 e. The normalized spacial score (nSPS) is 10.1. The minimum Gasteiger partial charge on any atom is -0.395 e. The summed E-state index contributed by atoms with van der Waals surface area (Å²) in [7, 11) is 0. The molecule has 0 spiro atoms. The molecule has 0 saturated carbocycles. The maximum atomic E-state index is 12.0. The van der Waals surface area contributed by atoms with E-state index in [0.29, 0.717) is 0 Å². The number of anilines is 1. The molecule has 0 saturated heterocycles. The monoisotopic (exact) mass is 250 g/mol. The molecule has 0 aliphatic carbocycles. The van der Waals surface area contributed by atoms with E-state index in [2.05, 4.69) is 0 Å². The van der Waals surface area contributed by atoms with Crippen molar-refractivity contribution in [3.8, 4) is 0 Å². The molecule has 1 aromatic carbocycles. The molecule has 0 unspecified atom stereocenters. The van der Waals surface area contributed by atoms with Crippen molar-refractivity contribution in [2.75, 3.05) is 18.1 Å². The minimum absolute atomic E-state index is 0.0204. The molecular formula is C13H18N2O3. The van der Waals surface area contributed by atoms with Crippen molar-refractivity contribution in [1.29, 1.82) is 0 Å². The summed E-state index contributed by atoms with van der Waals surface area (Å²) in [6.45, 7) is 2.01. The lowest BCUT2D eigenvalue weighted by molar-refractivity contribution is -0.123. The Morgan fingerprint density at radius 2 is 2.06 bits per heavy atom. The average molecular weight is 250 g/mol. The Balaban J connectivity index is 2.81. The SMILES string of the molecule is Cc1cccc(N(CCO)C(=O)CCC(N)=O)c1. The quantitative estimate of drug-likeness (QED) is 0.775. The molecule has 5 nitrogen and oxygen atoms in total. The van der Waals surface area contributed by atoms with Gasteiger partial charge in [0.2, 0.25) is 11.8 Å². The topological polar surface area (TPSA) is 83.6 Å². The molecule has 0 radical (unpaired) electrons. The van der Waals surface area contributed by atoms with Crippen LogP contribution in [0.1, 0.15) is 18.4 Å². The van der Waals surface area contributed by atoms with Crippen molar-refractivity contribution in [3.05, 3.63) is 29.8 Å².